The molecule has 0 fully saturated rings. The normalized spacial score (nSPS) is 13.3. The second kappa shape index (κ2) is 10.9. The first-order valence-corrected chi connectivity index (χ1v) is 12.6. The quantitative estimate of drug-likeness (QED) is 0.321. The fourth-order valence-electron chi connectivity index (χ4n) is 2.58. The molecule has 0 aliphatic carbocycles. The van der Waals surface area contributed by atoms with E-state index >= 15 is 0 Å². The van der Waals surface area contributed by atoms with Crippen LogP contribution in [0, 0.1) is 0 Å². The third-order valence-electron chi connectivity index (χ3n) is 3.63. The van der Waals surface area contributed by atoms with Crippen molar-refractivity contribution >= 4 is 8.32 Å². The van der Waals surface area contributed by atoms with Crippen LogP contribution in [0.15, 0.2) is 10.6 Å². The van der Waals surface area contributed by atoms with Crippen LogP contribution in [0.25, 0.3) is 0 Å². The van der Waals surface area contributed by atoms with Crippen molar-refractivity contribution < 1.29 is 13.6 Å². The van der Waals surface area contributed by atoms with Gasteiger partial charge in [0.1, 0.15) is 12.3 Å². The van der Waals surface area contributed by atoms with E-state index in [0.29, 0.717) is 18.4 Å². The Bertz CT molecular complexity index is 415. The third kappa shape index (κ3) is 9.16. The Kier molecular flexibility index (Phi) is 9.56. The van der Waals surface area contributed by atoms with Crippen LogP contribution in [-0.2, 0) is 4.43 Å². The first kappa shape index (κ1) is 20.2. The molecule has 0 aromatic carbocycles. The Balaban J connectivity index is 2.45. The smallest absolute Gasteiger partial charge is 0.305 e. The van der Waals surface area contributed by atoms with E-state index in [1.807, 2.05) is 6.92 Å². The molecule has 4 nitrogen and oxygen atoms in total. The van der Waals surface area contributed by atoms with Crippen molar-refractivity contribution in [2.24, 2.45) is 0 Å². The van der Waals surface area contributed by atoms with Crippen molar-refractivity contribution in [1.29, 1.82) is 0 Å². The summed E-state index contributed by atoms with van der Waals surface area (Å²) in [6.45, 7) is 11.4. The van der Waals surface area contributed by atoms with E-state index < -0.39 is 8.32 Å². The molecule has 0 bridgehead atoms. The molecule has 5 heteroatoms. The summed E-state index contributed by atoms with van der Waals surface area (Å²) in [4.78, 5) is 4.36. The second-order valence-electron chi connectivity index (χ2n) is 7.08. The summed E-state index contributed by atoms with van der Waals surface area (Å²) < 4.78 is 17.4. The van der Waals surface area contributed by atoms with Crippen LogP contribution < -0.4 is 4.74 Å². The zero-order valence-electron chi connectivity index (χ0n) is 15.7. The molecule has 1 aromatic heterocycles. The van der Waals surface area contributed by atoms with E-state index in [0.717, 1.165) is 12.8 Å². The summed E-state index contributed by atoms with van der Waals surface area (Å²) in [6.07, 6.45) is 11.7. The van der Waals surface area contributed by atoms with Crippen molar-refractivity contribution in [1.82, 2.24) is 4.98 Å². The highest BCUT2D eigenvalue weighted by Crippen LogP contribution is 2.29. The molecule has 0 amide bonds. The largest absolute Gasteiger partial charge is 0.464 e. The Morgan fingerprint density at radius 2 is 1.70 bits per heavy atom. The van der Waals surface area contributed by atoms with Crippen LogP contribution in [0.1, 0.15) is 77.2 Å². The molecule has 0 radical (unpaired) electrons. The van der Waals surface area contributed by atoms with Gasteiger partial charge in [-0.15, -0.1) is 0 Å². The molecule has 134 valence electrons. The van der Waals surface area contributed by atoms with Gasteiger partial charge in [0, 0.05) is 0 Å². The molecule has 0 aliphatic rings. The highest BCUT2D eigenvalue weighted by molar-refractivity contribution is 6.69. The second-order valence-corrected chi connectivity index (χ2v) is 11.5. The van der Waals surface area contributed by atoms with Gasteiger partial charge in [0.2, 0.25) is 5.89 Å². The lowest BCUT2D eigenvalue weighted by Gasteiger charge is -2.24. The van der Waals surface area contributed by atoms with Crippen LogP contribution in [0.5, 0.6) is 5.95 Å². The molecule has 1 heterocycles. The summed E-state index contributed by atoms with van der Waals surface area (Å²) in [5, 5.41) is 0. The number of ether oxygens (including phenoxy) is 1. The Hall–Kier alpha value is -0.813. The lowest BCUT2D eigenvalue weighted by atomic mass is 10.1. The van der Waals surface area contributed by atoms with E-state index in [1.54, 1.807) is 6.20 Å². The van der Waals surface area contributed by atoms with Gasteiger partial charge in [-0.2, -0.15) is 0 Å². The molecule has 0 saturated heterocycles. The maximum absolute atomic E-state index is 6.29. The maximum Gasteiger partial charge on any atom is 0.305 e. The predicted octanol–water partition coefficient (Wildman–Crippen LogP) is 6.11. The average molecular weight is 342 g/mol. The molecule has 1 aromatic rings. The van der Waals surface area contributed by atoms with Crippen LogP contribution >= 0.6 is 0 Å². The standard InChI is InChI=1S/C18H35NO3Si/c1-6-8-9-10-11-12-13-14-16(22-23(3,4)5)18-19-15-17(21-18)20-7-2/h15-16H,6-14H2,1-5H3. The summed E-state index contributed by atoms with van der Waals surface area (Å²) in [6, 6.07) is 0. The number of rotatable bonds is 13. The minimum atomic E-state index is -1.64. The lowest BCUT2D eigenvalue weighted by Crippen LogP contribution is -2.28. The molecule has 0 N–H and O–H groups in total. The topological polar surface area (TPSA) is 44.5 Å². The molecule has 0 aliphatic heterocycles. The summed E-state index contributed by atoms with van der Waals surface area (Å²) in [5.41, 5.74) is 0. The monoisotopic (exact) mass is 341 g/mol. The first-order chi connectivity index (χ1) is 11.0. The van der Waals surface area contributed by atoms with Crippen molar-refractivity contribution in [3.8, 4) is 5.95 Å². The number of oxazole rings is 1. The molecule has 23 heavy (non-hydrogen) atoms. The average Bonchev–Trinajstić information content (AvgIpc) is 2.93. The Morgan fingerprint density at radius 3 is 2.30 bits per heavy atom. The van der Waals surface area contributed by atoms with E-state index in [2.05, 4.69) is 31.5 Å². The van der Waals surface area contributed by atoms with Crippen molar-refractivity contribution in [3.63, 3.8) is 0 Å². The molecule has 0 saturated carbocycles. The third-order valence-corrected chi connectivity index (χ3v) is 4.62. The Morgan fingerprint density at radius 1 is 1.04 bits per heavy atom. The van der Waals surface area contributed by atoms with Gasteiger partial charge in [0.15, 0.2) is 8.32 Å². The summed E-state index contributed by atoms with van der Waals surface area (Å²) in [7, 11) is -1.64. The predicted molar refractivity (Wildman–Crippen MR) is 97.5 cm³/mol. The minimum absolute atomic E-state index is 0.0356. The van der Waals surface area contributed by atoms with E-state index in [-0.39, 0.29) is 6.10 Å². The summed E-state index contributed by atoms with van der Waals surface area (Å²) in [5.74, 6) is 1.16. The van der Waals surface area contributed by atoms with Gasteiger partial charge in [0.25, 0.3) is 0 Å². The Labute approximate surface area is 143 Å². The number of hydrogen-bond acceptors (Lipinski definition) is 4. The highest BCUT2D eigenvalue weighted by atomic mass is 28.4. The van der Waals surface area contributed by atoms with Crippen molar-refractivity contribution in [2.75, 3.05) is 6.61 Å². The zero-order chi connectivity index (χ0) is 17.1. The number of hydrogen-bond donors (Lipinski definition) is 0. The molecule has 1 rings (SSSR count). The molecular weight excluding hydrogens is 306 g/mol. The lowest BCUT2D eigenvalue weighted by molar-refractivity contribution is 0.138. The van der Waals surface area contributed by atoms with Gasteiger partial charge in [-0.25, -0.2) is 4.98 Å². The van der Waals surface area contributed by atoms with Gasteiger partial charge in [-0.05, 0) is 33.0 Å². The van der Waals surface area contributed by atoms with E-state index in [1.165, 1.54) is 38.5 Å². The van der Waals surface area contributed by atoms with Crippen LogP contribution in [0.4, 0.5) is 0 Å². The maximum atomic E-state index is 6.29. The van der Waals surface area contributed by atoms with Gasteiger partial charge in [-0.1, -0.05) is 51.9 Å². The van der Waals surface area contributed by atoms with Crippen LogP contribution in [0.2, 0.25) is 19.6 Å². The minimum Gasteiger partial charge on any atom is -0.464 e. The fourth-order valence-corrected chi connectivity index (χ4v) is 3.65. The number of aromatic nitrogens is 1. The van der Waals surface area contributed by atoms with Gasteiger partial charge in [0.05, 0.1) is 6.61 Å². The molecular formula is C18H35NO3Si. The first-order valence-electron chi connectivity index (χ1n) is 9.22. The van der Waals surface area contributed by atoms with Crippen molar-refractivity contribution in [2.45, 2.75) is 91.0 Å². The van der Waals surface area contributed by atoms with Crippen molar-refractivity contribution in [3.05, 3.63) is 12.1 Å². The zero-order valence-corrected chi connectivity index (χ0v) is 16.7. The van der Waals surface area contributed by atoms with Gasteiger partial charge in [-0.3, -0.25) is 0 Å². The number of unbranched alkanes of at least 4 members (excludes halogenated alkanes) is 6. The SMILES string of the molecule is CCCCCCCCCC(O[Si](C)(C)C)c1ncc(OCC)o1. The molecule has 1 unspecified atom stereocenters. The van der Waals surface area contributed by atoms with Gasteiger partial charge < -0.3 is 13.6 Å². The summed E-state index contributed by atoms with van der Waals surface area (Å²) >= 11 is 0. The molecule has 1 atom stereocenters. The van der Waals surface area contributed by atoms with E-state index in [9.17, 15) is 0 Å². The van der Waals surface area contributed by atoms with Crippen LogP contribution in [0.3, 0.4) is 0 Å². The molecule has 0 spiro atoms. The van der Waals surface area contributed by atoms with Crippen LogP contribution in [-0.4, -0.2) is 19.9 Å². The number of nitrogens with zero attached hydrogens (tertiary/aromatic N) is 1. The van der Waals surface area contributed by atoms with Gasteiger partial charge >= 0.3 is 5.95 Å². The fraction of sp³-hybridized carbons (Fsp3) is 0.833. The highest BCUT2D eigenvalue weighted by Gasteiger charge is 2.25. The van der Waals surface area contributed by atoms with E-state index in [4.69, 9.17) is 13.6 Å².